The maximum absolute atomic E-state index is 4.71. The highest BCUT2D eigenvalue weighted by Crippen LogP contribution is 2.22. The monoisotopic (exact) mass is 382 g/mol. The molecule has 0 spiro atoms. The number of thiazole rings is 1. The molecule has 6 nitrogen and oxygen atoms in total. The van der Waals surface area contributed by atoms with Gasteiger partial charge in [-0.25, -0.2) is 9.97 Å². The molecule has 0 saturated carbocycles. The van der Waals surface area contributed by atoms with Crippen LogP contribution >= 0.6 is 11.3 Å². The van der Waals surface area contributed by atoms with Crippen LogP contribution in [0.25, 0.3) is 10.9 Å². The summed E-state index contributed by atoms with van der Waals surface area (Å²) in [6, 6.07) is 10.3. The van der Waals surface area contributed by atoms with Gasteiger partial charge in [-0.15, -0.1) is 11.3 Å². The number of para-hydroxylation sites is 1. The van der Waals surface area contributed by atoms with Gasteiger partial charge in [-0.1, -0.05) is 25.1 Å². The minimum absolute atomic E-state index is 0.668. The quantitative estimate of drug-likeness (QED) is 0.506. The first-order valence-corrected chi connectivity index (χ1v) is 9.86. The Kier molecular flexibility index (Phi) is 6.24. The fourth-order valence-corrected chi connectivity index (χ4v) is 3.56. The van der Waals surface area contributed by atoms with E-state index >= 15 is 0 Å². The number of nitrogens with one attached hydrogen (secondary N) is 2. The largest absolute Gasteiger partial charge is 0.363 e. The van der Waals surface area contributed by atoms with Gasteiger partial charge >= 0.3 is 0 Å². The number of aromatic nitrogens is 2. The zero-order valence-electron chi connectivity index (χ0n) is 16.3. The van der Waals surface area contributed by atoms with Crippen molar-refractivity contribution in [2.45, 2.75) is 26.4 Å². The summed E-state index contributed by atoms with van der Waals surface area (Å²) in [5, 5.41) is 8.96. The third-order valence-electron chi connectivity index (χ3n) is 4.27. The van der Waals surface area contributed by atoms with Crippen LogP contribution in [0.15, 0.2) is 41.5 Å². The molecular weight excluding hydrogens is 356 g/mol. The van der Waals surface area contributed by atoms with E-state index in [1.165, 1.54) is 10.4 Å². The molecule has 0 saturated heterocycles. The number of hydrogen-bond acceptors (Lipinski definition) is 5. The smallest absolute Gasteiger partial charge is 0.191 e. The van der Waals surface area contributed by atoms with E-state index in [1.807, 2.05) is 43.4 Å². The first-order chi connectivity index (χ1) is 13.1. The summed E-state index contributed by atoms with van der Waals surface area (Å²) >= 11 is 1.74. The van der Waals surface area contributed by atoms with E-state index in [-0.39, 0.29) is 0 Å². The second-order valence-corrected chi connectivity index (χ2v) is 7.60. The van der Waals surface area contributed by atoms with Gasteiger partial charge in [-0.05, 0) is 24.1 Å². The predicted octanol–water partition coefficient (Wildman–Crippen LogP) is 3.18. The summed E-state index contributed by atoms with van der Waals surface area (Å²) in [4.78, 5) is 16.8. The molecule has 0 aliphatic heterocycles. The van der Waals surface area contributed by atoms with Crippen LogP contribution in [-0.4, -0.2) is 37.1 Å². The minimum Gasteiger partial charge on any atom is -0.363 e. The lowest BCUT2D eigenvalue weighted by Crippen LogP contribution is -2.36. The molecule has 0 aliphatic carbocycles. The van der Waals surface area contributed by atoms with Crippen molar-refractivity contribution in [3.05, 3.63) is 52.0 Å². The lowest BCUT2D eigenvalue weighted by molar-refractivity contribution is 0.807. The summed E-state index contributed by atoms with van der Waals surface area (Å²) in [5.74, 6) is 1.71. The normalized spacial score (nSPS) is 11.6. The van der Waals surface area contributed by atoms with Gasteiger partial charge in [0.15, 0.2) is 5.96 Å². The first kappa shape index (κ1) is 19.1. The van der Waals surface area contributed by atoms with Crippen molar-refractivity contribution in [1.29, 1.82) is 0 Å². The lowest BCUT2D eigenvalue weighted by Gasteiger charge is -2.16. The van der Waals surface area contributed by atoms with Crippen LogP contribution in [0.3, 0.4) is 0 Å². The van der Waals surface area contributed by atoms with Crippen LogP contribution in [0.2, 0.25) is 0 Å². The summed E-state index contributed by atoms with van der Waals surface area (Å²) in [7, 11) is 5.80. The van der Waals surface area contributed by atoms with E-state index < -0.39 is 0 Å². The van der Waals surface area contributed by atoms with Gasteiger partial charge in [-0.2, -0.15) is 0 Å². The Morgan fingerprint density at radius 1 is 1.19 bits per heavy atom. The molecule has 1 aromatic carbocycles. The maximum atomic E-state index is 4.71. The Morgan fingerprint density at radius 2 is 1.96 bits per heavy atom. The van der Waals surface area contributed by atoms with Crippen molar-refractivity contribution < 1.29 is 0 Å². The van der Waals surface area contributed by atoms with E-state index in [1.54, 1.807) is 18.4 Å². The Labute approximate surface area is 164 Å². The molecule has 0 bridgehead atoms. The number of rotatable bonds is 6. The molecule has 0 fully saturated rings. The second-order valence-electron chi connectivity index (χ2n) is 6.40. The topological polar surface area (TPSA) is 65.4 Å². The molecule has 0 amide bonds. The number of aliphatic imine (C=N–C) groups is 1. The summed E-state index contributed by atoms with van der Waals surface area (Å²) in [6.07, 6.45) is 2.97. The number of nitrogens with zero attached hydrogens (tertiary/aromatic N) is 4. The molecule has 0 unspecified atom stereocenters. The van der Waals surface area contributed by atoms with Gasteiger partial charge in [0.2, 0.25) is 0 Å². The average molecular weight is 383 g/mol. The lowest BCUT2D eigenvalue weighted by atomic mass is 10.1. The molecule has 2 N–H and O–H groups in total. The molecule has 0 radical (unpaired) electrons. The van der Waals surface area contributed by atoms with E-state index in [0.29, 0.717) is 13.1 Å². The summed E-state index contributed by atoms with van der Waals surface area (Å²) in [6.45, 7) is 3.48. The molecule has 7 heteroatoms. The predicted molar refractivity (Wildman–Crippen MR) is 115 cm³/mol. The van der Waals surface area contributed by atoms with Crippen molar-refractivity contribution in [3.63, 3.8) is 0 Å². The van der Waals surface area contributed by atoms with Crippen LogP contribution in [0, 0.1) is 0 Å². The zero-order valence-corrected chi connectivity index (χ0v) is 17.1. The van der Waals surface area contributed by atoms with Gasteiger partial charge in [0, 0.05) is 44.1 Å². The number of anilines is 1. The Hall–Kier alpha value is -2.67. The van der Waals surface area contributed by atoms with Gasteiger partial charge < -0.3 is 15.5 Å². The number of pyridine rings is 1. The molecule has 2 aromatic heterocycles. The van der Waals surface area contributed by atoms with Gasteiger partial charge in [0.05, 0.1) is 12.1 Å². The standard InChI is InChI=1S/C20H26N6S/c1-5-15-12-22-19(27-15)13-24-20(21-2)23-11-14-10-18(26(3)4)25-17-9-7-6-8-16(14)17/h6-10,12H,5,11,13H2,1-4H3,(H2,21,23,24). The van der Waals surface area contributed by atoms with E-state index in [9.17, 15) is 0 Å². The highest BCUT2D eigenvalue weighted by molar-refractivity contribution is 7.11. The van der Waals surface area contributed by atoms with Crippen LogP contribution in [0.4, 0.5) is 5.82 Å². The van der Waals surface area contributed by atoms with Crippen LogP contribution in [0.5, 0.6) is 0 Å². The van der Waals surface area contributed by atoms with E-state index in [0.717, 1.165) is 34.1 Å². The maximum Gasteiger partial charge on any atom is 0.191 e. The second kappa shape index (κ2) is 8.81. The number of aryl methyl sites for hydroxylation is 1. The van der Waals surface area contributed by atoms with Crippen molar-refractivity contribution in [3.8, 4) is 0 Å². The number of benzene rings is 1. The number of fused-ring (bicyclic) bond motifs is 1. The Bertz CT molecular complexity index is 931. The zero-order chi connectivity index (χ0) is 19.2. The third-order valence-corrected chi connectivity index (χ3v) is 5.42. The van der Waals surface area contributed by atoms with Crippen LogP contribution < -0.4 is 15.5 Å². The van der Waals surface area contributed by atoms with E-state index in [4.69, 9.17) is 4.98 Å². The molecule has 0 atom stereocenters. The molecule has 0 aliphatic rings. The fraction of sp³-hybridized carbons (Fsp3) is 0.350. The minimum atomic E-state index is 0.668. The first-order valence-electron chi connectivity index (χ1n) is 9.04. The summed E-state index contributed by atoms with van der Waals surface area (Å²) in [5.41, 5.74) is 2.19. The number of hydrogen-bond donors (Lipinski definition) is 2. The van der Waals surface area contributed by atoms with Crippen LogP contribution in [-0.2, 0) is 19.5 Å². The summed E-state index contributed by atoms with van der Waals surface area (Å²) < 4.78 is 0. The van der Waals surface area contributed by atoms with Crippen molar-refractivity contribution in [2.75, 3.05) is 26.0 Å². The molecule has 3 aromatic rings. The molecule has 142 valence electrons. The van der Waals surface area contributed by atoms with Gasteiger partial charge in [0.1, 0.15) is 10.8 Å². The molecule has 2 heterocycles. The highest BCUT2D eigenvalue weighted by Gasteiger charge is 2.08. The molecule has 27 heavy (non-hydrogen) atoms. The third kappa shape index (κ3) is 4.74. The number of guanidine groups is 1. The highest BCUT2D eigenvalue weighted by atomic mass is 32.1. The molecule has 3 rings (SSSR count). The van der Waals surface area contributed by atoms with Crippen molar-refractivity contribution >= 4 is 34.0 Å². The van der Waals surface area contributed by atoms with Crippen molar-refractivity contribution in [1.82, 2.24) is 20.6 Å². The molecular formula is C20H26N6S. The van der Waals surface area contributed by atoms with Gasteiger partial charge in [0.25, 0.3) is 0 Å². The average Bonchev–Trinajstić information content (AvgIpc) is 3.15. The van der Waals surface area contributed by atoms with E-state index in [2.05, 4.69) is 39.7 Å². The SMILES string of the molecule is CCc1cnc(CNC(=NC)NCc2cc(N(C)C)nc3ccccc23)s1. The van der Waals surface area contributed by atoms with Crippen LogP contribution in [0.1, 0.15) is 22.4 Å². The Balaban J connectivity index is 1.70. The van der Waals surface area contributed by atoms with Gasteiger partial charge in [-0.3, -0.25) is 4.99 Å². The fourth-order valence-electron chi connectivity index (χ4n) is 2.76. The Morgan fingerprint density at radius 3 is 2.67 bits per heavy atom. The van der Waals surface area contributed by atoms with Crippen molar-refractivity contribution in [2.24, 2.45) is 4.99 Å².